The van der Waals surface area contributed by atoms with Crippen LogP contribution in [0.5, 0.6) is 0 Å². The van der Waals surface area contributed by atoms with E-state index in [-0.39, 0.29) is 11.9 Å². The van der Waals surface area contributed by atoms with Gasteiger partial charge in [0.25, 0.3) is 0 Å². The van der Waals surface area contributed by atoms with Crippen molar-refractivity contribution >= 4 is 5.97 Å². The SMILES string of the molecule is CC(C)(C)OC(=O)C1(C(c2ccccc2)c2ccccc2)CNCCN1. The standard InChI is InChI=1S/C22H28N2O2/c1-21(2,3)26-20(25)22(16-23-14-15-24-22)19(17-10-6-4-7-11-17)18-12-8-5-9-13-18/h4-13,19,23-24H,14-16H2,1-3H3. The molecule has 0 radical (unpaired) electrons. The second-order valence-electron chi connectivity index (χ2n) is 7.83. The van der Waals surface area contributed by atoms with Crippen molar-refractivity contribution < 1.29 is 9.53 Å². The van der Waals surface area contributed by atoms with Crippen molar-refractivity contribution in [2.75, 3.05) is 19.6 Å². The molecule has 1 heterocycles. The van der Waals surface area contributed by atoms with Crippen LogP contribution in [0.15, 0.2) is 60.7 Å². The summed E-state index contributed by atoms with van der Waals surface area (Å²) in [5.41, 5.74) is 0.802. The molecule has 1 fully saturated rings. The number of benzene rings is 2. The zero-order chi connectivity index (χ0) is 18.6. The van der Waals surface area contributed by atoms with Gasteiger partial charge < -0.3 is 10.1 Å². The summed E-state index contributed by atoms with van der Waals surface area (Å²) < 4.78 is 5.86. The summed E-state index contributed by atoms with van der Waals surface area (Å²) in [6.45, 7) is 7.81. The van der Waals surface area contributed by atoms with E-state index in [1.165, 1.54) is 0 Å². The molecule has 138 valence electrons. The molecule has 4 nitrogen and oxygen atoms in total. The van der Waals surface area contributed by atoms with E-state index in [1.54, 1.807) is 0 Å². The average molecular weight is 352 g/mol. The molecule has 1 aliphatic heterocycles. The van der Waals surface area contributed by atoms with Crippen molar-refractivity contribution in [3.63, 3.8) is 0 Å². The maximum Gasteiger partial charge on any atom is 0.329 e. The minimum absolute atomic E-state index is 0.146. The van der Waals surface area contributed by atoms with Crippen LogP contribution >= 0.6 is 0 Å². The van der Waals surface area contributed by atoms with E-state index < -0.39 is 11.1 Å². The molecule has 4 heteroatoms. The van der Waals surface area contributed by atoms with Gasteiger partial charge in [-0.3, -0.25) is 5.32 Å². The Bertz CT molecular complexity index is 677. The highest BCUT2D eigenvalue weighted by atomic mass is 16.6. The van der Waals surface area contributed by atoms with Gasteiger partial charge in [0.2, 0.25) is 0 Å². The Balaban J connectivity index is 2.12. The molecule has 3 rings (SSSR count). The minimum atomic E-state index is -0.853. The second-order valence-corrected chi connectivity index (χ2v) is 7.83. The summed E-state index contributed by atoms with van der Waals surface area (Å²) in [7, 11) is 0. The third kappa shape index (κ3) is 3.97. The first-order valence-electron chi connectivity index (χ1n) is 9.21. The van der Waals surface area contributed by atoms with Gasteiger partial charge >= 0.3 is 5.97 Å². The maximum atomic E-state index is 13.4. The Morgan fingerprint density at radius 3 is 1.92 bits per heavy atom. The topological polar surface area (TPSA) is 50.4 Å². The lowest BCUT2D eigenvalue weighted by Gasteiger charge is -2.44. The van der Waals surface area contributed by atoms with Gasteiger partial charge in [-0.1, -0.05) is 60.7 Å². The van der Waals surface area contributed by atoms with Crippen LogP contribution in [0.2, 0.25) is 0 Å². The van der Waals surface area contributed by atoms with Crippen molar-refractivity contribution in [2.24, 2.45) is 0 Å². The summed E-state index contributed by atoms with van der Waals surface area (Å²) in [5.74, 6) is -0.359. The van der Waals surface area contributed by atoms with Gasteiger partial charge in [0.1, 0.15) is 11.1 Å². The van der Waals surface area contributed by atoms with Crippen LogP contribution in [0.3, 0.4) is 0 Å². The fourth-order valence-electron chi connectivity index (χ4n) is 3.61. The number of esters is 1. The first-order valence-corrected chi connectivity index (χ1v) is 9.21. The highest BCUT2D eigenvalue weighted by Crippen LogP contribution is 2.37. The van der Waals surface area contributed by atoms with Crippen molar-refractivity contribution in [1.82, 2.24) is 10.6 Å². The molecule has 0 bridgehead atoms. The molecular formula is C22H28N2O2. The molecule has 2 N–H and O–H groups in total. The molecule has 1 atom stereocenters. The molecule has 2 aromatic carbocycles. The average Bonchev–Trinajstić information content (AvgIpc) is 2.63. The van der Waals surface area contributed by atoms with Crippen molar-refractivity contribution in [2.45, 2.75) is 37.8 Å². The predicted octanol–water partition coefficient (Wildman–Crippen LogP) is 3.09. The van der Waals surface area contributed by atoms with Crippen molar-refractivity contribution in [1.29, 1.82) is 0 Å². The van der Waals surface area contributed by atoms with E-state index in [0.717, 1.165) is 24.2 Å². The van der Waals surface area contributed by atoms with E-state index in [4.69, 9.17) is 4.74 Å². The van der Waals surface area contributed by atoms with Gasteiger partial charge in [0, 0.05) is 25.6 Å². The largest absolute Gasteiger partial charge is 0.459 e. The number of hydrogen-bond donors (Lipinski definition) is 2. The zero-order valence-electron chi connectivity index (χ0n) is 15.8. The number of hydrogen-bond acceptors (Lipinski definition) is 4. The van der Waals surface area contributed by atoms with Gasteiger partial charge in [-0.05, 0) is 31.9 Å². The summed E-state index contributed by atoms with van der Waals surface area (Å²) in [5, 5.41) is 6.91. The molecule has 1 unspecified atom stereocenters. The Kier molecular flexibility index (Phi) is 5.44. The van der Waals surface area contributed by atoms with Crippen LogP contribution in [0, 0.1) is 0 Å². The van der Waals surface area contributed by atoms with Crippen LogP contribution in [0.4, 0.5) is 0 Å². The Hall–Kier alpha value is -2.17. The predicted molar refractivity (Wildman–Crippen MR) is 104 cm³/mol. The van der Waals surface area contributed by atoms with Gasteiger partial charge in [-0.2, -0.15) is 0 Å². The lowest BCUT2D eigenvalue weighted by atomic mass is 9.73. The summed E-state index contributed by atoms with van der Waals surface area (Å²) >= 11 is 0. The van der Waals surface area contributed by atoms with E-state index in [2.05, 4.69) is 34.9 Å². The Morgan fingerprint density at radius 2 is 1.50 bits per heavy atom. The zero-order valence-corrected chi connectivity index (χ0v) is 15.8. The molecule has 2 aromatic rings. The van der Waals surface area contributed by atoms with Gasteiger partial charge in [-0.15, -0.1) is 0 Å². The lowest BCUT2D eigenvalue weighted by molar-refractivity contribution is -0.164. The number of rotatable bonds is 4. The van der Waals surface area contributed by atoms with Crippen LogP contribution < -0.4 is 10.6 Å². The van der Waals surface area contributed by atoms with E-state index in [0.29, 0.717) is 6.54 Å². The first-order chi connectivity index (χ1) is 12.4. The van der Waals surface area contributed by atoms with E-state index in [1.807, 2.05) is 57.2 Å². The molecule has 0 saturated carbocycles. The van der Waals surface area contributed by atoms with Gasteiger partial charge in [0.15, 0.2) is 0 Å². The fraction of sp³-hybridized carbons (Fsp3) is 0.409. The van der Waals surface area contributed by atoms with Crippen molar-refractivity contribution in [3.8, 4) is 0 Å². The van der Waals surface area contributed by atoms with Crippen LogP contribution in [-0.4, -0.2) is 36.7 Å². The Morgan fingerprint density at radius 1 is 0.962 bits per heavy atom. The van der Waals surface area contributed by atoms with Crippen LogP contribution in [0.25, 0.3) is 0 Å². The number of carbonyl (C=O) groups excluding carboxylic acids is 1. The number of ether oxygens (including phenoxy) is 1. The number of carbonyl (C=O) groups is 1. The molecule has 0 aromatic heterocycles. The summed E-state index contributed by atoms with van der Waals surface area (Å²) in [6, 6.07) is 20.4. The van der Waals surface area contributed by atoms with E-state index >= 15 is 0 Å². The molecule has 0 aliphatic carbocycles. The highest BCUT2D eigenvalue weighted by molar-refractivity contribution is 5.84. The summed E-state index contributed by atoms with van der Waals surface area (Å²) in [6.07, 6.45) is 0. The normalized spacial score (nSPS) is 20.8. The number of piperazine rings is 1. The summed E-state index contributed by atoms with van der Waals surface area (Å²) in [4.78, 5) is 13.4. The monoisotopic (exact) mass is 352 g/mol. The molecule has 1 saturated heterocycles. The van der Waals surface area contributed by atoms with Gasteiger partial charge in [0.05, 0.1) is 0 Å². The second kappa shape index (κ2) is 7.60. The lowest BCUT2D eigenvalue weighted by Crippen LogP contribution is -2.67. The van der Waals surface area contributed by atoms with Crippen LogP contribution in [0.1, 0.15) is 37.8 Å². The maximum absolute atomic E-state index is 13.4. The Labute approximate surface area is 156 Å². The minimum Gasteiger partial charge on any atom is -0.459 e. The van der Waals surface area contributed by atoms with E-state index in [9.17, 15) is 4.79 Å². The highest BCUT2D eigenvalue weighted by Gasteiger charge is 2.50. The van der Waals surface area contributed by atoms with Crippen molar-refractivity contribution in [3.05, 3.63) is 71.8 Å². The van der Waals surface area contributed by atoms with Gasteiger partial charge in [-0.25, -0.2) is 4.79 Å². The number of nitrogens with one attached hydrogen (secondary N) is 2. The third-order valence-electron chi connectivity index (χ3n) is 4.67. The molecular weight excluding hydrogens is 324 g/mol. The van der Waals surface area contributed by atoms with Crippen LogP contribution in [-0.2, 0) is 9.53 Å². The fourth-order valence-corrected chi connectivity index (χ4v) is 3.61. The molecule has 1 aliphatic rings. The molecule has 0 spiro atoms. The molecule has 0 amide bonds. The molecule has 26 heavy (non-hydrogen) atoms. The third-order valence-corrected chi connectivity index (χ3v) is 4.67. The first kappa shape index (κ1) is 18.6. The smallest absolute Gasteiger partial charge is 0.329 e. The quantitative estimate of drug-likeness (QED) is 0.830.